The van der Waals surface area contributed by atoms with Crippen molar-refractivity contribution in [2.24, 2.45) is 0 Å². The second-order valence-electron chi connectivity index (χ2n) is 8.55. The third kappa shape index (κ3) is 4.29. The lowest BCUT2D eigenvalue weighted by Gasteiger charge is -2.51. The molecule has 1 unspecified atom stereocenters. The number of fused-ring (bicyclic) bond motifs is 1. The number of hydrogen-bond acceptors (Lipinski definition) is 7. The van der Waals surface area contributed by atoms with Crippen LogP contribution in [0.2, 0.25) is 0 Å². The van der Waals surface area contributed by atoms with Gasteiger partial charge < -0.3 is 19.5 Å². The van der Waals surface area contributed by atoms with Gasteiger partial charge in [-0.2, -0.15) is 0 Å². The minimum Gasteiger partial charge on any atom is -0.459 e. The highest BCUT2D eigenvalue weighted by molar-refractivity contribution is 9.10. The molecule has 2 aliphatic heterocycles. The van der Waals surface area contributed by atoms with Crippen LogP contribution in [0.25, 0.3) is 0 Å². The quantitative estimate of drug-likeness (QED) is 0.332. The monoisotopic (exact) mass is 533 g/mol. The second-order valence-corrected chi connectivity index (χ2v) is 11.6. The summed E-state index contributed by atoms with van der Waals surface area (Å²) in [6, 6.07) is 17.5. The lowest BCUT2D eigenvalue weighted by Crippen LogP contribution is -2.75. The Morgan fingerprint density at radius 2 is 1.55 bits per heavy atom. The minimum absolute atomic E-state index is 0.0184. The Morgan fingerprint density at radius 3 is 2.09 bits per heavy atom. The lowest BCUT2D eigenvalue weighted by atomic mass is 9.87. The van der Waals surface area contributed by atoms with E-state index in [4.69, 9.17) is 9.47 Å². The van der Waals surface area contributed by atoms with Crippen LogP contribution >= 0.6 is 27.7 Å². The van der Waals surface area contributed by atoms with Crippen molar-refractivity contribution in [1.29, 1.82) is 0 Å². The number of alkyl halides is 1. The van der Waals surface area contributed by atoms with Gasteiger partial charge in [-0.3, -0.25) is 4.79 Å². The second kappa shape index (κ2) is 9.12. The molecule has 0 aromatic heterocycles. The van der Waals surface area contributed by atoms with Crippen molar-refractivity contribution in [2.75, 3.05) is 0 Å². The minimum atomic E-state index is -1.72. The Hall–Kier alpha value is -2.36. The number of amides is 1. The van der Waals surface area contributed by atoms with E-state index in [0.717, 1.165) is 11.1 Å². The molecule has 174 valence electrons. The highest BCUT2D eigenvalue weighted by Gasteiger charge is 2.74. The van der Waals surface area contributed by atoms with E-state index >= 15 is 0 Å². The number of benzene rings is 2. The number of rotatable bonds is 7. The highest BCUT2D eigenvalue weighted by Crippen LogP contribution is 2.59. The first-order valence-electron chi connectivity index (χ1n) is 10.4. The van der Waals surface area contributed by atoms with Gasteiger partial charge in [-0.25, -0.2) is 9.59 Å². The van der Waals surface area contributed by atoms with E-state index in [1.54, 1.807) is 12.1 Å². The van der Waals surface area contributed by atoms with E-state index in [-0.39, 0.29) is 13.2 Å². The number of aliphatic hydroxyl groups excluding tert-OH is 1. The first kappa shape index (κ1) is 23.8. The molecular weight excluding hydrogens is 510 g/mol. The number of ether oxygens (including phenoxy) is 2. The maximum absolute atomic E-state index is 13.2. The Kier molecular flexibility index (Phi) is 6.57. The number of esters is 2. The first-order valence-corrected chi connectivity index (χ1v) is 12.1. The van der Waals surface area contributed by atoms with Gasteiger partial charge in [-0.15, -0.1) is 11.8 Å². The van der Waals surface area contributed by atoms with E-state index < -0.39 is 44.4 Å². The summed E-state index contributed by atoms with van der Waals surface area (Å²) >= 11 is 4.66. The first-order chi connectivity index (χ1) is 15.7. The lowest BCUT2D eigenvalue weighted by molar-refractivity contribution is -0.175. The number of halogens is 1. The molecule has 2 heterocycles. The Labute approximate surface area is 204 Å². The van der Waals surface area contributed by atoms with Gasteiger partial charge in [0.1, 0.15) is 24.6 Å². The predicted molar refractivity (Wildman–Crippen MR) is 126 cm³/mol. The van der Waals surface area contributed by atoms with Gasteiger partial charge in [0.2, 0.25) is 5.91 Å². The van der Waals surface area contributed by atoms with Gasteiger partial charge in [0.25, 0.3) is 0 Å². The number of β-lactam (4-membered cyclic amide) rings is 1. The fourth-order valence-electron chi connectivity index (χ4n) is 4.06. The number of carbonyl (C=O) groups excluding carboxylic acids is 3. The molecular formula is C24H24BrNO6S. The molecule has 0 saturated carbocycles. The van der Waals surface area contributed by atoms with E-state index in [2.05, 4.69) is 15.9 Å². The van der Waals surface area contributed by atoms with Crippen LogP contribution in [-0.4, -0.2) is 54.4 Å². The summed E-state index contributed by atoms with van der Waals surface area (Å²) in [5, 5.41) is 10.1. The standard InChI is InChI=1S/C24H24BrNO6S/c1-23(2)17(19(28)31-13-15-9-5-3-6-10-15)26-21(30)24(25,22(26)33-23)18(27)20(29)32-14-16-11-7-4-8-12-16/h3-12,17-18,22,27H,13-14H2,1-2H3/t17-,18?,22+,24-/m0/s1. The zero-order chi connectivity index (χ0) is 23.8. The van der Waals surface area contributed by atoms with Crippen molar-refractivity contribution in [2.45, 2.75) is 53.7 Å². The van der Waals surface area contributed by atoms with Crippen molar-refractivity contribution < 1.29 is 29.0 Å². The van der Waals surface area contributed by atoms with E-state index in [1.165, 1.54) is 16.7 Å². The van der Waals surface area contributed by atoms with Crippen LogP contribution in [0.5, 0.6) is 0 Å². The summed E-state index contributed by atoms with van der Waals surface area (Å²) in [5.74, 6) is -1.98. The molecule has 1 amide bonds. The number of thioether (sulfide) groups is 1. The maximum Gasteiger partial charge on any atom is 0.337 e. The van der Waals surface area contributed by atoms with E-state index in [9.17, 15) is 19.5 Å². The van der Waals surface area contributed by atoms with Crippen molar-refractivity contribution in [3.63, 3.8) is 0 Å². The normalized spacial score (nSPS) is 26.2. The third-order valence-electron chi connectivity index (χ3n) is 5.82. The zero-order valence-corrected chi connectivity index (χ0v) is 20.5. The molecule has 0 radical (unpaired) electrons. The average molecular weight is 534 g/mol. The molecule has 2 aromatic rings. The molecule has 2 saturated heterocycles. The van der Waals surface area contributed by atoms with Crippen LogP contribution in [-0.2, 0) is 37.1 Å². The average Bonchev–Trinajstić information content (AvgIpc) is 3.10. The molecule has 0 aliphatic carbocycles. The van der Waals surface area contributed by atoms with Crippen molar-refractivity contribution in [3.05, 3.63) is 71.8 Å². The van der Waals surface area contributed by atoms with Gasteiger partial charge in [0.15, 0.2) is 10.4 Å². The molecule has 4 atom stereocenters. The van der Waals surface area contributed by atoms with Crippen LogP contribution in [0.1, 0.15) is 25.0 Å². The molecule has 1 N–H and O–H groups in total. The number of nitrogens with zero attached hydrogens (tertiary/aromatic N) is 1. The van der Waals surface area contributed by atoms with Crippen molar-refractivity contribution in [1.82, 2.24) is 4.90 Å². The van der Waals surface area contributed by atoms with Gasteiger partial charge in [0, 0.05) is 4.75 Å². The number of aliphatic hydroxyl groups is 1. The fraction of sp³-hybridized carbons (Fsp3) is 0.375. The Bertz CT molecular complexity index is 1050. The molecule has 9 heteroatoms. The molecule has 2 aromatic carbocycles. The Balaban J connectivity index is 1.44. The van der Waals surface area contributed by atoms with Gasteiger partial charge in [-0.05, 0) is 25.0 Å². The van der Waals surface area contributed by atoms with Gasteiger partial charge >= 0.3 is 11.9 Å². The Morgan fingerprint density at radius 1 is 1.03 bits per heavy atom. The highest BCUT2D eigenvalue weighted by atomic mass is 79.9. The van der Waals surface area contributed by atoms with Crippen LogP contribution in [0.15, 0.2) is 60.7 Å². The van der Waals surface area contributed by atoms with Crippen molar-refractivity contribution in [3.8, 4) is 0 Å². The summed E-state index contributed by atoms with van der Waals surface area (Å²) in [6.07, 6.45) is -1.72. The summed E-state index contributed by atoms with van der Waals surface area (Å²) in [7, 11) is 0. The molecule has 0 spiro atoms. The molecule has 2 aliphatic rings. The molecule has 7 nitrogen and oxygen atoms in total. The topological polar surface area (TPSA) is 93.1 Å². The van der Waals surface area contributed by atoms with Gasteiger partial charge in [-0.1, -0.05) is 76.6 Å². The third-order valence-corrected chi connectivity index (χ3v) is 8.98. The van der Waals surface area contributed by atoms with Crippen LogP contribution < -0.4 is 0 Å². The van der Waals surface area contributed by atoms with E-state index in [0.29, 0.717) is 0 Å². The van der Waals surface area contributed by atoms with Crippen LogP contribution in [0.3, 0.4) is 0 Å². The summed E-state index contributed by atoms with van der Waals surface area (Å²) in [6.45, 7) is 3.75. The largest absolute Gasteiger partial charge is 0.459 e. The summed E-state index contributed by atoms with van der Waals surface area (Å²) in [4.78, 5) is 40.0. The SMILES string of the molecule is CC1(C)S[C@H]2N(C(=O)[C@@]2(Br)C(O)C(=O)OCc2ccccc2)[C@H]1C(=O)OCc1ccccc1. The van der Waals surface area contributed by atoms with Crippen molar-refractivity contribution >= 4 is 45.5 Å². The predicted octanol–water partition coefficient (Wildman–Crippen LogP) is 3.03. The number of hydrogen-bond donors (Lipinski definition) is 1. The maximum atomic E-state index is 13.2. The zero-order valence-electron chi connectivity index (χ0n) is 18.1. The molecule has 33 heavy (non-hydrogen) atoms. The fourth-order valence-corrected chi connectivity index (χ4v) is 6.60. The van der Waals surface area contributed by atoms with Gasteiger partial charge in [0.05, 0.1) is 0 Å². The number of carbonyl (C=O) groups is 3. The van der Waals surface area contributed by atoms with Crippen LogP contribution in [0, 0.1) is 0 Å². The smallest absolute Gasteiger partial charge is 0.337 e. The van der Waals surface area contributed by atoms with E-state index in [1.807, 2.05) is 62.4 Å². The molecule has 4 rings (SSSR count). The summed E-state index contributed by atoms with van der Waals surface area (Å²) in [5.41, 5.74) is 1.60. The molecule has 0 bridgehead atoms. The summed E-state index contributed by atoms with van der Waals surface area (Å²) < 4.78 is 8.47. The van der Waals surface area contributed by atoms with Crippen LogP contribution in [0.4, 0.5) is 0 Å². The molecule has 2 fully saturated rings.